The highest BCUT2D eigenvalue weighted by Gasteiger charge is 2.65. The predicted molar refractivity (Wildman–Crippen MR) is 104 cm³/mol. The number of hydrogen-bond acceptors (Lipinski definition) is 6. The second-order valence-corrected chi connectivity index (χ2v) is 8.09. The van der Waals surface area contributed by atoms with Crippen LogP contribution >= 0.6 is 12.4 Å². The van der Waals surface area contributed by atoms with E-state index < -0.39 is 6.10 Å². The molecule has 1 fully saturated rings. The summed E-state index contributed by atoms with van der Waals surface area (Å²) in [5.74, 6) is 0.712. The number of nitrogens with zero attached hydrogens (tertiary/aromatic N) is 1. The Morgan fingerprint density at radius 2 is 2.00 bits per heavy atom. The summed E-state index contributed by atoms with van der Waals surface area (Å²) in [6.45, 7) is 3.77. The first-order valence-corrected chi connectivity index (χ1v) is 9.49. The van der Waals surface area contributed by atoms with E-state index in [0.29, 0.717) is 17.5 Å². The van der Waals surface area contributed by atoms with Crippen molar-refractivity contribution in [1.29, 1.82) is 0 Å². The molecular weight excluding hydrogens is 382 g/mol. The van der Waals surface area contributed by atoms with Crippen LogP contribution in [0.25, 0.3) is 0 Å². The molecule has 4 aliphatic rings. The van der Waals surface area contributed by atoms with Gasteiger partial charge in [-0.25, -0.2) is 0 Å². The van der Waals surface area contributed by atoms with Crippen LogP contribution in [0.5, 0.6) is 11.5 Å². The number of likely N-dealkylation sites (tertiary alicyclic amines) is 1. The number of rotatable bonds is 2. The van der Waals surface area contributed by atoms with E-state index in [4.69, 9.17) is 14.2 Å². The molecule has 1 saturated heterocycles. The molecule has 2 heterocycles. The zero-order chi connectivity index (χ0) is 18.9. The van der Waals surface area contributed by atoms with Gasteiger partial charge >= 0.3 is 11.9 Å². The first-order valence-electron chi connectivity index (χ1n) is 9.49. The Kier molecular flexibility index (Phi) is 4.47. The second-order valence-electron chi connectivity index (χ2n) is 8.09. The lowest BCUT2D eigenvalue weighted by molar-refractivity contribution is -0.152. The molecule has 5 rings (SSSR count). The Bertz CT molecular complexity index is 884. The van der Waals surface area contributed by atoms with Crippen LogP contribution in [0.15, 0.2) is 24.3 Å². The van der Waals surface area contributed by atoms with Crippen LogP contribution in [0.3, 0.4) is 0 Å². The van der Waals surface area contributed by atoms with Gasteiger partial charge < -0.3 is 19.1 Å². The Morgan fingerprint density at radius 1 is 1.21 bits per heavy atom. The number of ether oxygens (including phenoxy) is 3. The van der Waals surface area contributed by atoms with E-state index >= 15 is 0 Å². The van der Waals surface area contributed by atoms with Gasteiger partial charge in [-0.2, -0.15) is 0 Å². The van der Waals surface area contributed by atoms with Crippen LogP contribution in [0.2, 0.25) is 0 Å². The van der Waals surface area contributed by atoms with Gasteiger partial charge in [0.2, 0.25) is 0 Å². The van der Waals surface area contributed by atoms with Gasteiger partial charge in [-0.05, 0) is 44.1 Å². The summed E-state index contributed by atoms with van der Waals surface area (Å²) in [5.41, 5.74) is 2.15. The van der Waals surface area contributed by atoms with Crippen LogP contribution in [0, 0.1) is 5.92 Å². The number of piperidine rings is 1. The van der Waals surface area contributed by atoms with Crippen molar-refractivity contribution in [3.05, 3.63) is 35.4 Å². The lowest BCUT2D eigenvalue weighted by atomic mass is 9.53. The molecule has 5 atom stereocenters. The van der Waals surface area contributed by atoms with Gasteiger partial charge in [0, 0.05) is 36.8 Å². The maximum atomic E-state index is 11.7. The third-order valence-corrected chi connectivity index (χ3v) is 6.67. The van der Waals surface area contributed by atoms with Crippen LogP contribution in [0.4, 0.5) is 0 Å². The summed E-state index contributed by atoms with van der Waals surface area (Å²) in [7, 11) is 2.17. The topological polar surface area (TPSA) is 65.1 Å². The molecule has 0 radical (unpaired) electrons. The first kappa shape index (κ1) is 19.3. The van der Waals surface area contributed by atoms with Crippen LogP contribution in [-0.2, 0) is 26.2 Å². The summed E-state index contributed by atoms with van der Waals surface area (Å²) in [5, 5.41) is 0. The van der Waals surface area contributed by atoms with E-state index in [0.717, 1.165) is 24.9 Å². The molecule has 1 aromatic carbocycles. The fourth-order valence-corrected chi connectivity index (χ4v) is 5.74. The van der Waals surface area contributed by atoms with E-state index in [-0.39, 0.29) is 41.8 Å². The molecule has 0 aromatic heterocycles. The average molecular weight is 406 g/mol. The molecule has 1 aromatic rings. The van der Waals surface area contributed by atoms with Crippen molar-refractivity contribution in [3.63, 3.8) is 0 Å². The van der Waals surface area contributed by atoms with Crippen molar-refractivity contribution >= 4 is 24.3 Å². The van der Waals surface area contributed by atoms with Gasteiger partial charge in [-0.1, -0.05) is 12.1 Å². The Morgan fingerprint density at radius 3 is 2.71 bits per heavy atom. The summed E-state index contributed by atoms with van der Waals surface area (Å²) < 4.78 is 17.5. The lowest BCUT2D eigenvalue weighted by Crippen LogP contribution is -2.65. The molecule has 0 saturated carbocycles. The number of likely N-dealkylation sites (N-methyl/N-ethyl adjacent to an activating group) is 1. The molecule has 0 amide bonds. The fourth-order valence-electron chi connectivity index (χ4n) is 5.74. The van der Waals surface area contributed by atoms with Crippen molar-refractivity contribution in [2.45, 2.75) is 50.4 Å². The Labute approximate surface area is 170 Å². The molecule has 7 heteroatoms. The number of benzene rings is 1. The summed E-state index contributed by atoms with van der Waals surface area (Å²) in [6, 6.07) is 4.28. The van der Waals surface area contributed by atoms with Gasteiger partial charge in [0.1, 0.15) is 6.10 Å². The van der Waals surface area contributed by atoms with Gasteiger partial charge in [-0.15, -0.1) is 12.4 Å². The van der Waals surface area contributed by atoms with E-state index in [1.807, 2.05) is 12.1 Å². The largest absolute Gasteiger partial charge is 0.481 e. The second kappa shape index (κ2) is 6.49. The first-order chi connectivity index (χ1) is 12.9. The highest BCUT2D eigenvalue weighted by molar-refractivity contribution is 5.85. The van der Waals surface area contributed by atoms with Gasteiger partial charge in [0.05, 0.1) is 0 Å². The predicted octanol–water partition coefficient (Wildman–Crippen LogP) is 2.41. The van der Waals surface area contributed by atoms with Gasteiger partial charge in [-0.3, -0.25) is 9.59 Å². The SMILES string of the molecule is CC(=O)Oc1ccc2c3c1O[C@H]1[C@@H](OC(C)=O)C=C[C@H]4[C@@H](C2)N(C)CC[C@@]341.Cl. The number of hydrogen-bond donors (Lipinski definition) is 0. The minimum atomic E-state index is -0.439. The normalized spacial score (nSPS) is 34.0. The number of carbonyl (C=O) groups is 2. The molecule has 28 heavy (non-hydrogen) atoms. The highest BCUT2D eigenvalue weighted by atomic mass is 35.5. The lowest BCUT2D eigenvalue weighted by Gasteiger charge is -2.56. The molecule has 1 spiro atoms. The van der Waals surface area contributed by atoms with Gasteiger partial charge in [0.15, 0.2) is 17.6 Å². The smallest absolute Gasteiger partial charge is 0.308 e. The molecule has 150 valence electrons. The molecule has 2 aliphatic heterocycles. The molecule has 0 unspecified atom stereocenters. The third-order valence-electron chi connectivity index (χ3n) is 6.67. The minimum absolute atomic E-state index is 0. The van der Waals surface area contributed by atoms with E-state index in [9.17, 15) is 9.59 Å². The van der Waals surface area contributed by atoms with Crippen molar-refractivity contribution in [1.82, 2.24) is 4.90 Å². The average Bonchev–Trinajstić information content (AvgIpc) is 2.95. The van der Waals surface area contributed by atoms with E-state index in [1.165, 1.54) is 19.4 Å². The zero-order valence-electron chi connectivity index (χ0n) is 16.1. The standard InChI is InChI=1S/C21H23NO5.ClH/c1-11(23)25-16-6-4-13-10-15-14-5-7-17(26-12(2)24)20-21(14,8-9-22(15)3)18(13)19(16)27-20;/h4-7,14-15,17,20H,8-10H2,1-3H3;1H/t14-,15+,17-,20-,21-;/m0./s1. The molecule has 0 N–H and O–H groups in total. The molecule has 6 nitrogen and oxygen atoms in total. The van der Waals surface area contributed by atoms with Crippen molar-refractivity contribution < 1.29 is 23.8 Å². The number of halogens is 1. The molecule has 2 bridgehead atoms. The molecule has 2 aliphatic carbocycles. The van der Waals surface area contributed by atoms with E-state index in [1.54, 1.807) is 0 Å². The van der Waals surface area contributed by atoms with Crippen LogP contribution in [-0.4, -0.2) is 48.7 Å². The Balaban J connectivity index is 0.00000192. The van der Waals surface area contributed by atoms with E-state index in [2.05, 4.69) is 24.1 Å². The highest BCUT2D eigenvalue weighted by Crippen LogP contribution is 2.62. The Hall–Kier alpha value is -2.05. The molecular formula is C21H24ClNO5. The van der Waals surface area contributed by atoms with Crippen LogP contribution < -0.4 is 9.47 Å². The summed E-state index contributed by atoms with van der Waals surface area (Å²) in [6.07, 6.45) is 5.31. The van der Waals surface area contributed by atoms with Crippen molar-refractivity contribution in [2.24, 2.45) is 5.92 Å². The maximum Gasteiger partial charge on any atom is 0.308 e. The maximum absolute atomic E-state index is 11.7. The monoisotopic (exact) mass is 405 g/mol. The third kappa shape index (κ3) is 2.44. The van der Waals surface area contributed by atoms with Gasteiger partial charge in [0.25, 0.3) is 0 Å². The quantitative estimate of drug-likeness (QED) is 0.427. The summed E-state index contributed by atoms with van der Waals surface area (Å²) >= 11 is 0. The summed E-state index contributed by atoms with van der Waals surface area (Å²) in [4.78, 5) is 25.7. The fraction of sp³-hybridized carbons (Fsp3) is 0.524. The number of esters is 2. The van der Waals surface area contributed by atoms with Crippen LogP contribution in [0.1, 0.15) is 31.4 Å². The zero-order valence-corrected chi connectivity index (χ0v) is 17.0. The van der Waals surface area contributed by atoms with Crippen molar-refractivity contribution in [2.75, 3.05) is 13.6 Å². The number of carbonyl (C=O) groups excluding carboxylic acids is 2. The minimum Gasteiger partial charge on any atom is -0.481 e. The van der Waals surface area contributed by atoms with Crippen molar-refractivity contribution in [3.8, 4) is 11.5 Å².